The zero-order valence-corrected chi connectivity index (χ0v) is 22.2. The maximum absolute atomic E-state index is 2.49. The third-order valence-corrected chi connectivity index (χ3v) is 9.27. The summed E-state index contributed by atoms with van der Waals surface area (Å²) >= 11 is 0. The molecule has 0 bridgehead atoms. The fraction of sp³-hybridized carbons (Fsp3) is 0.300. The Bertz CT molecular complexity index is 1550. The third-order valence-electron chi connectivity index (χ3n) is 7.23. The van der Waals surface area contributed by atoms with Gasteiger partial charge in [0.05, 0.1) is 24.5 Å². The molecule has 0 aliphatic carbocycles. The van der Waals surface area contributed by atoms with E-state index in [4.69, 9.17) is 0 Å². The predicted molar refractivity (Wildman–Crippen MR) is 146 cm³/mol. The van der Waals surface area contributed by atoms with Gasteiger partial charge in [-0.25, -0.2) is 0 Å². The van der Waals surface area contributed by atoms with E-state index in [1.54, 1.807) is 0 Å². The number of hydrogen-bond acceptors (Lipinski definition) is 0. The standard InChI is InChI=1S/C30H35N2Si/c1-19(2)32-28-12-10-9-11-25(28)27-15-20(3)26(18-29(27)32)30-24-14-13-23(33(6,7)8)17-22(24)16-21(4)31(30)5/h9-19H,1-8H3/q+1. The first-order valence-electron chi connectivity index (χ1n) is 12.1. The Kier molecular flexibility index (Phi) is 5.02. The number of rotatable bonds is 3. The van der Waals surface area contributed by atoms with Crippen LogP contribution in [0.15, 0.2) is 60.7 Å². The van der Waals surface area contributed by atoms with Gasteiger partial charge in [0, 0.05) is 35.3 Å². The molecule has 0 fully saturated rings. The van der Waals surface area contributed by atoms with E-state index >= 15 is 0 Å². The van der Waals surface area contributed by atoms with Gasteiger partial charge in [0.1, 0.15) is 7.05 Å². The lowest BCUT2D eigenvalue weighted by Gasteiger charge is -2.18. The van der Waals surface area contributed by atoms with Gasteiger partial charge in [-0.3, -0.25) is 0 Å². The van der Waals surface area contributed by atoms with Gasteiger partial charge in [0.15, 0.2) is 5.69 Å². The van der Waals surface area contributed by atoms with Crippen molar-refractivity contribution in [2.45, 2.75) is 53.4 Å². The molecule has 0 atom stereocenters. The molecule has 0 radical (unpaired) electrons. The lowest BCUT2D eigenvalue weighted by atomic mass is 9.97. The molecule has 0 aliphatic rings. The van der Waals surface area contributed by atoms with Crippen LogP contribution in [0.1, 0.15) is 31.1 Å². The van der Waals surface area contributed by atoms with Crippen LogP contribution < -0.4 is 9.75 Å². The molecule has 168 valence electrons. The average Bonchev–Trinajstić information content (AvgIpc) is 3.07. The highest BCUT2D eigenvalue weighted by molar-refractivity contribution is 6.88. The molecule has 0 N–H and O–H groups in total. The minimum Gasteiger partial charge on any atom is -0.338 e. The fourth-order valence-electron chi connectivity index (χ4n) is 5.33. The van der Waals surface area contributed by atoms with Crippen LogP contribution in [0.4, 0.5) is 0 Å². The number of aryl methyl sites for hydroxylation is 2. The van der Waals surface area contributed by atoms with Gasteiger partial charge in [-0.2, -0.15) is 4.57 Å². The van der Waals surface area contributed by atoms with Crippen LogP contribution >= 0.6 is 0 Å². The molecule has 33 heavy (non-hydrogen) atoms. The Balaban J connectivity index is 1.88. The van der Waals surface area contributed by atoms with Crippen LogP contribution in [0.5, 0.6) is 0 Å². The van der Waals surface area contributed by atoms with Gasteiger partial charge in [-0.05, 0) is 56.0 Å². The van der Waals surface area contributed by atoms with E-state index in [2.05, 4.69) is 124 Å². The second-order valence-electron chi connectivity index (χ2n) is 10.9. The predicted octanol–water partition coefficient (Wildman–Crippen LogP) is 7.18. The Morgan fingerprint density at radius 1 is 0.788 bits per heavy atom. The molecule has 5 rings (SSSR count). The highest BCUT2D eigenvalue weighted by Gasteiger charge is 2.24. The van der Waals surface area contributed by atoms with Gasteiger partial charge in [0.2, 0.25) is 5.69 Å². The molecule has 3 heteroatoms. The van der Waals surface area contributed by atoms with E-state index in [0.29, 0.717) is 6.04 Å². The van der Waals surface area contributed by atoms with E-state index in [-0.39, 0.29) is 0 Å². The number of aromatic nitrogens is 2. The molecule has 0 saturated heterocycles. The quantitative estimate of drug-likeness (QED) is 0.203. The molecular formula is C30H35N2Si+. The summed E-state index contributed by atoms with van der Waals surface area (Å²) in [5.74, 6) is 0. The third kappa shape index (κ3) is 3.41. The number of nitrogens with zero attached hydrogens (tertiary/aromatic N) is 2. The number of para-hydroxylation sites is 1. The van der Waals surface area contributed by atoms with Crippen molar-refractivity contribution in [3.63, 3.8) is 0 Å². The zero-order valence-electron chi connectivity index (χ0n) is 21.2. The van der Waals surface area contributed by atoms with Gasteiger partial charge in [-0.15, -0.1) is 0 Å². The summed E-state index contributed by atoms with van der Waals surface area (Å²) in [7, 11) is 0.832. The van der Waals surface area contributed by atoms with Crippen molar-refractivity contribution in [3.05, 3.63) is 71.9 Å². The normalized spacial score (nSPS) is 12.5. The molecule has 0 unspecified atom stereocenters. The monoisotopic (exact) mass is 451 g/mol. The maximum atomic E-state index is 2.49. The van der Waals surface area contributed by atoms with E-state index in [0.717, 1.165) is 0 Å². The number of fused-ring (bicyclic) bond motifs is 4. The van der Waals surface area contributed by atoms with Crippen molar-refractivity contribution in [2.75, 3.05) is 0 Å². The minimum atomic E-state index is -1.37. The van der Waals surface area contributed by atoms with Crippen molar-refractivity contribution >= 4 is 45.8 Å². The van der Waals surface area contributed by atoms with E-state index in [1.165, 1.54) is 60.3 Å². The van der Waals surface area contributed by atoms with Gasteiger partial charge >= 0.3 is 0 Å². The van der Waals surface area contributed by atoms with Crippen molar-refractivity contribution in [3.8, 4) is 11.3 Å². The summed E-state index contributed by atoms with van der Waals surface area (Å²) in [4.78, 5) is 0. The highest BCUT2D eigenvalue weighted by atomic mass is 28.3. The first-order chi connectivity index (χ1) is 15.6. The average molecular weight is 452 g/mol. The smallest absolute Gasteiger partial charge is 0.220 e. The highest BCUT2D eigenvalue weighted by Crippen LogP contribution is 2.37. The Morgan fingerprint density at radius 3 is 2.21 bits per heavy atom. The van der Waals surface area contributed by atoms with Crippen LogP contribution in [0.2, 0.25) is 19.6 Å². The van der Waals surface area contributed by atoms with Crippen LogP contribution in [0.25, 0.3) is 43.8 Å². The van der Waals surface area contributed by atoms with Crippen molar-refractivity contribution in [1.29, 1.82) is 0 Å². The van der Waals surface area contributed by atoms with Crippen LogP contribution in [0.3, 0.4) is 0 Å². The van der Waals surface area contributed by atoms with Crippen molar-refractivity contribution < 1.29 is 4.57 Å². The van der Waals surface area contributed by atoms with Gasteiger partial charge < -0.3 is 4.57 Å². The molecular weight excluding hydrogens is 416 g/mol. The van der Waals surface area contributed by atoms with Crippen LogP contribution in [-0.2, 0) is 7.05 Å². The Hall–Kier alpha value is -2.91. The molecule has 2 nitrogen and oxygen atoms in total. The lowest BCUT2D eigenvalue weighted by molar-refractivity contribution is -0.665. The first kappa shape index (κ1) is 21.9. The second kappa shape index (κ2) is 7.56. The largest absolute Gasteiger partial charge is 0.338 e. The van der Waals surface area contributed by atoms with Crippen molar-refractivity contribution in [1.82, 2.24) is 4.57 Å². The molecule has 2 heterocycles. The summed E-state index contributed by atoms with van der Waals surface area (Å²) in [6.07, 6.45) is 0. The Morgan fingerprint density at radius 2 is 1.52 bits per heavy atom. The fourth-order valence-corrected chi connectivity index (χ4v) is 6.51. The molecule has 0 saturated carbocycles. The molecule has 0 aliphatic heterocycles. The summed E-state index contributed by atoms with van der Waals surface area (Å²) in [6.45, 7) is 16.3. The molecule has 0 spiro atoms. The maximum Gasteiger partial charge on any atom is 0.220 e. The zero-order chi connectivity index (χ0) is 23.7. The summed E-state index contributed by atoms with van der Waals surface area (Å²) in [6, 6.07) is 23.6. The minimum absolute atomic E-state index is 0.394. The lowest BCUT2D eigenvalue weighted by Crippen LogP contribution is -2.38. The molecule has 5 aromatic rings. The summed E-state index contributed by atoms with van der Waals surface area (Å²) in [5, 5.41) is 6.89. The molecule has 3 aromatic carbocycles. The van der Waals surface area contributed by atoms with Crippen molar-refractivity contribution in [2.24, 2.45) is 7.05 Å². The van der Waals surface area contributed by atoms with E-state index in [1.807, 2.05) is 0 Å². The first-order valence-corrected chi connectivity index (χ1v) is 15.6. The second-order valence-corrected chi connectivity index (χ2v) is 16.0. The number of pyridine rings is 1. The van der Waals surface area contributed by atoms with Crippen LogP contribution in [0, 0.1) is 13.8 Å². The van der Waals surface area contributed by atoms with Gasteiger partial charge in [-0.1, -0.05) is 55.2 Å². The Labute approximate surface area is 198 Å². The van der Waals surface area contributed by atoms with E-state index in [9.17, 15) is 0 Å². The van der Waals surface area contributed by atoms with Crippen LogP contribution in [-0.4, -0.2) is 12.6 Å². The summed E-state index contributed by atoms with van der Waals surface area (Å²) in [5.41, 5.74) is 7.88. The number of benzene rings is 3. The SMILES string of the molecule is Cc1cc2c3ccccc3n(C(C)C)c2cc1-c1c2ccc([Si](C)(C)C)cc2cc(C)[n+]1C. The van der Waals surface area contributed by atoms with E-state index < -0.39 is 8.07 Å². The molecule has 2 aromatic heterocycles. The molecule has 0 amide bonds. The topological polar surface area (TPSA) is 8.81 Å². The summed E-state index contributed by atoms with van der Waals surface area (Å²) < 4.78 is 4.86. The van der Waals surface area contributed by atoms with Gasteiger partial charge in [0.25, 0.3) is 0 Å². The number of hydrogen-bond donors (Lipinski definition) is 0.